The third-order valence-corrected chi connectivity index (χ3v) is 8.58. The molecule has 8 N–H and O–H groups in total. The Morgan fingerprint density at radius 3 is 2.38 bits per heavy atom. The number of carboxylic acid groups (broad SMARTS) is 1. The van der Waals surface area contributed by atoms with Gasteiger partial charge in [-0.3, -0.25) is 14.4 Å². The maximum atomic E-state index is 13.9. The molecule has 1 amide bonds. The monoisotopic (exact) mass is 592 g/mol. The number of primary amides is 1. The smallest absolute Gasteiger partial charge is 0.435 e. The van der Waals surface area contributed by atoms with E-state index in [4.69, 9.17) is 17.2 Å². The number of fused-ring (bicyclic) bond motifs is 1. The number of ketones is 1. The molecule has 2 aromatic rings. The number of hydrogen-bond acceptors (Lipinski definition) is 7. The van der Waals surface area contributed by atoms with Crippen LogP contribution in [0.4, 0.5) is 18.9 Å². The SMILES string of the molecule is CC1(C)CC(=O)c2c(C(F)(F)F)nn(-c3ccc(C(N)=O)c(NC4CCC([C@@](N)(CCCCN)C(=O)O)CC4)c3)c2C1. The van der Waals surface area contributed by atoms with Gasteiger partial charge >= 0.3 is 12.1 Å². The number of rotatable bonds is 10. The zero-order chi connectivity index (χ0) is 31.0. The minimum absolute atomic E-state index is 0.0240. The highest BCUT2D eigenvalue weighted by atomic mass is 19.4. The van der Waals surface area contributed by atoms with Gasteiger partial charge in [0.05, 0.1) is 22.5 Å². The second-order valence-electron chi connectivity index (χ2n) is 12.4. The first-order valence-corrected chi connectivity index (χ1v) is 14.2. The van der Waals surface area contributed by atoms with E-state index < -0.39 is 46.0 Å². The first kappa shape index (κ1) is 31.5. The number of alkyl halides is 3. The number of nitrogens with two attached hydrogens (primary N) is 3. The predicted molar refractivity (Wildman–Crippen MR) is 150 cm³/mol. The third-order valence-electron chi connectivity index (χ3n) is 8.58. The van der Waals surface area contributed by atoms with Gasteiger partial charge in [0, 0.05) is 18.2 Å². The molecule has 0 bridgehead atoms. The molecule has 1 aromatic heterocycles. The number of carbonyl (C=O) groups is 3. The van der Waals surface area contributed by atoms with Crippen LogP contribution in [-0.2, 0) is 17.4 Å². The van der Waals surface area contributed by atoms with Gasteiger partial charge in [0.2, 0.25) is 0 Å². The van der Waals surface area contributed by atoms with Gasteiger partial charge in [-0.05, 0) is 87.4 Å². The molecule has 0 unspecified atom stereocenters. The number of nitrogens with one attached hydrogen (secondary N) is 1. The third kappa shape index (κ3) is 6.31. The van der Waals surface area contributed by atoms with E-state index in [1.807, 2.05) is 13.8 Å². The average molecular weight is 593 g/mol. The summed E-state index contributed by atoms with van der Waals surface area (Å²) in [6, 6.07) is 4.24. The molecule has 13 heteroatoms. The Morgan fingerprint density at radius 1 is 1.14 bits per heavy atom. The van der Waals surface area contributed by atoms with Gasteiger partial charge in [-0.25, -0.2) is 4.68 Å². The molecule has 1 saturated carbocycles. The van der Waals surface area contributed by atoms with Gasteiger partial charge in [-0.2, -0.15) is 18.3 Å². The van der Waals surface area contributed by atoms with Crippen LogP contribution in [0.2, 0.25) is 0 Å². The van der Waals surface area contributed by atoms with E-state index in [0.29, 0.717) is 57.2 Å². The molecule has 10 nitrogen and oxygen atoms in total. The van der Waals surface area contributed by atoms with Gasteiger partial charge in [0.25, 0.3) is 5.91 Å². The Morgan fingerprint density at radius 2 is 1.81 bits per heavy atom. The molecule has 1 atom stereocenters. The maximum Gasteiger partial charge on any atom is 0.435 e. The summed E-state index contributed by atoms with van der Waals surface area (Å²) in [5.41, 5.74) is 14.9. The molecule has 1 aromatic carbocycles. The van der Waals surface area contributed by atoms with Crippen molar-refractivity contribution in [2.45, 2.75) is 89.4 Å². The number of amides is 1. The Balaban J connectivity index is 1.62. The van der Waals surface area contributed by atoms with Crippen molar-refractivity contribution in [3.63, 3.8) is 0 Å². The number of Topliss-reactive ketones (excluding diaryl/α,β-unsaturated/α-hetero) is 1. The van der Waals surface area contributed by atoms with Crippen LogP contribution in [0.25, 0.3) is 5.69 Å². The summed E-state index contributed by atoms with van der Waals surface area (Å²) in [6.45, 7) is 4.09. The van der Waals surface area contributed by atoms with Crippen LogP contribution >= 0.6 is 0 Å². The molecule has 1 heterocycles. The summed E-state index contributed by atoms with van der Waals surface area (Å²) in [5.74, 6) is -2.62. The largest absolute Gasteiger partial charge is 0.480 e. The van der Waals surface area contributed by atoms with E-state index in [2.05, 4.69) is 10.4 Å². The summed E-state index contributed by atoms with van der Waals surface area (Å²) in [4.78, 5) is 37.2. The highest BCUT2D eigenvalue weighted by Crippen LogP contribution is 2.42. The van der Waals surface area contributed by atoms with Crippen LogP contribution in [0.3, 0.4) is 0 Å². The lowest BCUT2D eigenvalue weighted by Gasteiger charge is -2.39. The summed E-state index contributed by atoms with van der Waals surface area (Å²) < 4.78 is 42.9. The van der Waals surface area contributed by atoms with E-state index in [0.717, 1.165) is 4.68 Å². The van der Waals surface area contributed by atoms with Crippen molar-refractivity contribution >= 4 is 23.3 Å². The molecule has 42 heavy (non-hydrogen) atoms. The Labute approximate surface area is 242 Å². The molecule has 4 rings (SSSR count). The van der Waals surface area contributed by atoms with Crippen LogP contribution in [0.1, 0.15) is 97.3 Å². The quantitative estimate of drug-likeness (QED) is 0.257. The predicted octanol–water partition coefficient (Wildman–Crippen LogP) is 4.03. The number of aromatic nitrogens is 2. The number of anilines is 1. The van der Waals surface area contributed by atoms with E-state index >= 15 is 0 Å². The number of aliphatic carboxylic acids is 1. The number of hydrogen-bond donors (Lipinski definition) is 5. The van der Waals surface area contributed by atoms with Gasteiger partial charge in [0.1, 0.15) is 5.54 Å². The van der Waals surface area contributed by atoms with E-state index in [1.54, 1.807) is 0 Å². The normalized spacial score (nSPS) is 21.8. The minimum atomic E-state index is -4.82. The summed E-state index contributed by atoms with van der Waals surface area (Å²) in [6.07, 6.45) is -0.820. The van der Waals surface area contributed by atoms with Crippen LogP contribution in [0.5, 0.6) is 0 Å². The molecular formula is C29H39F3N6O4. The number of nitrogens with zero attached hydrogens (tertiary/aromatic N) is 2. The van der Waals surface area contributed by atoms with E-state index in [1.165, 1.54) is 18.2 Å². The fourth-order valence-corrected chi connectivity index (χ4v) is 6.38. The number of carboxylic acids is 1. The first-order valence-electron chi connectivity index (χ1n) is 14.2. The summed E-state index contributed by atoms with van der Waals surface area (Å²) in [5, 5.41) is 17.0. The molecule has 2 aliphatic rings. The average Bonchev–Trinajstić information content (AvgIpc) is 3.28. The first-order chi connectivity index (χ1) is 19.6. The Kier molecular flexibility index (Phi) is 8.75. The lowest BCUT2D eigenvalue weighted by Crippen LogP contribution is -2.55. The van der Waals surface area contributed by atoms with Crippen molar-refractivity contribution in [1.29, 1.82) is 0 Å². The second kappa shape index (κ2) is 11.7. The van der Waals surface area contributed by atoms with Gasteiger partial charge in [-0.1, -0.05) is 13.8 Å². The van der Waals surface area contributed by atoms with Crippen molar-refractivity contribution < 1.29 is 32.7 Å². The number of halogens is 3. The van der Waals surface area contributed by atoms with Gasteiger partial charge < -0.3 is 27.6 Å². The fraction of sp³-hybridized carbons (Fsp3) is 0.586. The van der Waals surface area contributed by atoms with E-state index in [9.17, 15) is 32.7 Å². The summed E-state index contributed by atoms with van der Waals surface area (Å²) in [7, 11) is 0. The Bertz CT molecular complexity index is 1360. The van der Waals surface area contributed by atoms with E-state index in [-0.39, 0.29) is 41.7 Å². The molecule has 230 valence electrons. The minimum Gasteiger partial charge on any atom is -0.480 e. The van der Waals surface area contributed by atoms with Crippen molar-refractivity contribution in [2.24, 2.45) is 28.5 Å². The number of unbranched alkanes of at least 4 members (excludes halogenated alkanes) is 1. The summed E-state index contributed by atoms with van der Waals surface area (Å²) >= 11 is 0. The van der Waals surface area contributed by atoms with Crippen molar-refractivity contribution in [3.05, 3.63) is 40.7 Å². The highest BCUT2D eigenvalue weighted by molar-refractivity contribution is 6.00. The van der Waals surface area contributed by atoms with Crippen LogP contribution in [0, 0.1) is 11.3 Å². The molecule has 2 aliphatic carbocycles. The maximum absolute atomic E-state index is 13.9. The zero-order valence-corrected chi connectivity index (χ0v) is 23.9. The molecule has 1 fully saturated rings. The topological polar surface area (TPSA) is 179 Å². The molecule has 0 aliphatic heterocycles. The van der Waals surface area contributed by atoms with Crippen LogP contribution < -0.4 is 22.5 Å². The zero-order valence-electron chi connectivity index (χ0n) is 23.9. The standard InChI is InChI=1S/C29H39F3N6O4/c1-27(2)14-21-23(22(39)15-27)24(29(30,31)32)37-38(21)18-9-10-19(25(34)40)20(13-18)36-17-7-5-16(6-8-17)28(35,26(41)42)11-3-4-12-33/h9-10,13,16-17,36H,3-8,11-12,14-15,33,35H2,1-2H3,(H2,34,40)(H,41,42)/t16?,17?,28-/m0/s1. The molecule has 0 spiro atoms. The van der Waals surface area contributed by atoms with Crippen LogP contribution in [0.15, 0.2) is 18.2 Å². The van der Waals surface area contributed by atoms with Gasteiger partial charge in [-0.15, -0.1) is 0 Å². The van der Waals surface area contributed by atoms with Gasteiger partial charge in [0.15, 0.2) is 11.5 Å². The van der Waals surface area contributed by atoms with Crippen LogP contribution in [-0.4, -0.2) is 50.7 Å². The molecule has 0 saturated heterocycles. The Hall–Kier alpha value is -3.45. The molecule has 0 radical (unpaired) electrons. The second-order valence-corrected chi connectivity index (χ2v) is 12.4. The molecular weight excluding hydrogens is 553 g/mol. The lowest BCUT2D eigenvalue weighted by molar-refractivity contribution is -0.146. The van der Waals surface area contributed by atoms with Crippen molar-refractivity contribution in [1.82, 2.24) is 9.78 Å². The number of benzene rings is 1. The fourth-order valence-electron chi connectivity index (χ4n) is 6.38. The lowest BCUT2D eigenvalue weighted by atomic mass is 9.71. The van der Waals surface area contributed by atoms with Crippen molar-refractivity contribution in [3.8, 4) is 5.69 Å². The highest BCUT2D eigenvalue weighted by Gasteiger charge is 2.46. The number of carbonyl (C=O) groups excluding carboxylic acids is 2. The van der Waals surface area contributed by atoms with Crippen molar-refractivity contribution in [2.75, 3.05) is 11.9 Å².